The molecule has 0 bridgehead atoms. The quantitative estimate of drug-likeness (QED) is 0.0634. The number of nitrogens with zero attached hydrogens (tertiary/aromatic N) is 2. The molecule has 1 aliphatic carbocycles. The number of halogens is 1. The van der Waals surface area contributed by atoms with Gasteiger partial charge in [-0.3, -0.25) is 19.8 Å². The second kappa shape index (κ2) is 18.0. The molecule has 2 fully saturated rings. The van der Waals surface area contributed by atoms with Gasteiger partial charge in [-0.1, -0.05) is 92.2 Å². The van der Waals surface area contributed by atoms with Gasteiger partial charge >= 0.3 is 0 Å². The van der Waals surface area contributed by atoms with Crippen molar-refractivity contribution in [2.45, 2.75) is 89.0 Å². The van der Waals surface area contributed by atoms with Crippen molar-refractivity contribution in [2.24, 2.45) is 17.6 Å². The van der Waals surface area contributed by atoms with Crippen LogP contribution in [0.25, 0.3) is 11.1 Å². The molecule has 2 heterocycles. The highest BCUT2D eigenvalue weighted by atomic mass is 35.5. The average molecular weight is 790 g/mol. The minimum atomic E-state index is -3.77. The van der Waals surface area contributed by atoms with Gasteiger partial charge in [-0.05, 0) is 60.6 Å². The molecule has 1 aromatic heterocycles. The van der Waals surface area contributed by atoms with Gasteiger partial charge in [0.15, 0.2) is 11.4 Å². The Balaban J connectivity index is 1.27. The number of aromatic nitrogens is 1. The summed E-state index contributed by atoms with van der Waals surface area (Å²) in [5.41, 5.74) is 8.72. The molecule has 14 heteroatoms. The summed E-state index contributed by atoms with van der Waals surface area (Å²) in [6, 6.07) is 19.0. The van der Waals surface area contributed by atoms with E-state index in [0.717, 1.165) is 43.1 Å². The second-order valence-corrected chi connectivity index (χ2v) is 17.1. The van der Waals surface area contributed by atoms with Crippen molar-refractivity contribution in [1.29, 1.82) is 5.41 Å². The number of hydrogen-bond acceptors (Lipinski definition) is 9. The van der Waals surface area contributed by atoms with Crippen molar-refractivity contribution in [3.05, 3.63) is 100 Å². The summed E-state index contributed by atoms with van der Waals surface area (Å²) in [7, 11) is -3.77. The zero-order chi connectivity index (χ0) is 39.1. The van der Waals surface area contributed by atoms with E-state index >= 15 is 0 Å². The lowest BCUT2D eigenvalue weighted by molar-refractivity contribution is -0.139. The normalized spacial score (nSPS) is 19.0. The van der Waals surface area contributed by atoms with E-state index < -0.39 is 45.8 Å². The first-order chi connectivity index (χ1) is 26.3. The van der Waals surface area contributed by atoms with Crippen molar-refractivity contribution < 1.29 is 32.0 Å². The maximum absolute atomic E-state index is 14.5. The van der Waals surface area contributed by atoms with Crippen LogP contribution in [0, 0.1) is 17.2 Å². The smallest absolute Gasteiger partial charge is 0.264 e. The lowest BCUT2D eigenvalue weighted by Crippen LogP contribution is -2.52. The fourth-order valence-electron chi connectivity index (χ4n) is 7.72. The number of carbonyl (C=O) groups is 3. The summed E-state index contributed by atoms with van der Waals surface area (Å²) in [6.07, 6.45) is 7.06. The van der Waals surface area contributed by atoms with Crippen LogP contribution in [0.15, 0.2) is 77.2 Å². The Labute approximate surface area is 326 Å². The third-order valence-electron chi connectivity index (χ3n) is 10.6. The number of likely N-dealkylation sites (tertiary alicyclic amines) is 1. The standard InChI is InChI=1S/C41H48ClN5O7S/c1-55(51,52)46-34(20-15-26-7-3-2-4-8-26)41(50)47-24-32(53-25-28-13-18-31(42)19-14-28)23-35(47)36(48)22-30(21-27-11-16-29(17-12-27)39(43)44)38(49)40-45-33-9-5-6-10-37(33)54-40/h5-6,9-14,16-19,26,30,32,34-35,46H,2-4,7-8,15,20-25H2,1H3,(H3,43,44)/t30-,32-,34-,35+/m1/s1. The topological polar surface area (TPSA) is 186 Å². The zero-order valence-electron chi connectivity index (χ0n) is 30.9. The molecule has 4 atom stereocenters. The Morgan fingerprint density at radius 3 is 2.38 bits per heavy atom. The maximum Gasteiger partial charge on any atom is 0.264 e. The SMILES string of the molecule is CS(=O)(=O)N[C@H](CCC1CCCCC1)C(=O)N1C[C@H](OCc2ccc(Cl)cc2)C[C@H]1C(=O)C[C@@H](Cc1ccc(C(=N)N)cc1)C(=O)c1nc2ccccc2o1. The number of Topliss-reactive ketones (excluding diaryl/α,β-unsaturated/α-hetero) is 2. The molecular formula is C41H48ClN5O7S. The van der Waals surface area contributed by atoms with Gasteiger partial charge in [0.1, 0.15) is 17.4 Å². The molecule has 4 aromatic rings. The Morgan fingerprint density at radius 1 is 1.02 bits per heavy atom. The molecular weight excluding hydrogens is 742 g/mol. The molecule has 3 aromatic carbocycles. The van der Waals surface area contributed by atoms with Crippen LogP contribution in [0.3, 0.4) is 0 Å². The van der Waals surface area contributed by atoms with Crippen LogP contribution in [0.4, 0.5) is 0 Å². The molecule has 2 aliphatic rings. The van der Waals surface area contributed by atoms with Crippen LogP contribution < -0.4 is 10.5 Å². The predicted octanol–water partition coefficient (Wildman–Crippen LogP) is 6.23. The zero-order valence-corrected chi connectivity index (χ0v) is 32.5. The number of para-hydroxylation sites is 2. The van der Waals surface area contributed by atoms with E-state index in [-0.39, 0.29) is 49.9 Å². The molecule has 1 amide bonds. The van der Waals surface area contributed by atoms with Gasteiger partial charge in [0.25, 0.3) is 5.89 Å². The number of hydrogen-bond donors (Lipinski definition) is 3. The number of nitrogens with one attached hydrogen (secondary N) is 2. The predicted molar refractivity (Wildman–Crippen MR) is 210 cm³/mol. The number of carbonyl (C=O) groups excluding carboxylic acids is 3. The Kier molecular flexibility index (Phi) is 13.2. The van der Waals surface area contributed by atoms with Gasteiger partial charge in [0.05, 0.1) is 25.0 Å². The fraction of sp³-hybridized carbons (Fsp3) is 0.439. The summed E-state index contributed by atoms with van der Waals surface area (Å²) in [6.45, 7) is 0.289. The highest BCUT2D eigenvalue weighted by Crippen LogP contribution is 2.31. The summed E-state index contributed by atoms with van der Waals surface area (Å²) in [5, 5.41) is 8.34. The molecule has 6 rings (SSSR count). The number of amides is 1. The monoisotopic (exact) mass is 789 g/mol. The van der Waals surface area contributed by atoms with Crippen LogP contribution in [-0.4, -0.2) is 72.6 Å². The number of nitrogens with two attached hydrogens (primary N) is 1. The van der Waals surface area contributed by atoms with Crippen molar-refractivity contribution >= 4 is 56.0 Å². The molecule has 292 valence electrons. The lowest BCUT2D eigenvalue weighted by atomic mass is 9.85. The molecule has 12 nitrogen and oxygen atoms in total. The van der Waals surface area contributed by atoms with Crippen LogP contribution in [0.1, 0.15) is 85.2 Å². The third kappa shape index (κ3) is 10.9. The van der Waals surface area contributed by atoms with Crippen molar-refractivity contribution in [3.8, 4) is 0 Å². The van der Waals surface area contributed by atoms with Crippen LogP contribution in [0.5, 0.6) is 0 Å². The Morgan fingerprint density at radius 2 is 1.71 bits per heavy atom. The van der Waals surface area contributed by atoms with E-state index in [2.05, 4.69) is 9.71 Å². The van der Waals surface area contributed by atoms with Gasteiger partial charge in [-0.15, -0.1) is 0 Å². The molecule has 1 saturated carbocycles. The van der Waals surface area contributed by atoms with Crippen molar-refractivity contribution in [1.82, 2.24) is 14.6 Å². The number of amidine groups is 1. The molecule has 0 spiro atoms. The highest BCUT2D eigenvalue weighted by Gasteiger charge is 2.44. The third-order valence-corrected chi connectivity index (χ3v) is 11.6. The van der Waals surface area contributed by atoms with E-state index in [0.29, 0.717) is 40.4 Å². The number of sulfonamides is 1. The van der Waals surface area contributed by atoms with Crippen molar-refractivity contribution in [3.63, 3.8) is 0 Å². The van der Waals surface area contributed by atoms with Crippen molar-refractivity contribution in [2.75, 3.05) is 12.8 Å². The molecule has 0 unspecified atom stereocenters. The average Bonchev–Trinajstić information content (AvgIpc) is 3.81. The van der Waals surface area contributed by atoms with E-state index in [1.165, 1.54) is 11.3 Å². The molecule has 0 radical (unpaired) electrons. The minimum Gasteiger partial charge on any atom is -0.434 e. The Hall–Kier alpha value is -4.43. The first kappa shape index (κ1) is 40.2. The summed E-state index contributed by atoms with van der Waals surface area (Å²) >= 11 is 6.07. The fourth-order valence-corrected chi connectivity index (χ4v) is 8.59. The number of benzene rings is 3. The van der Waals surface area contributed by atoms with Gasteiger partial charge in [0, 0.05) is 35.9 Å². The molecule has 4 N–H and O–H groups in total. The molecule has 55 heavy (non-hydrogen) atoms. The van der Waals surface area contributed by atoms with Crippen LogP contribution in [0.2, 0.25) is 5.02 Å². The van der Waals surface area contributed by atoms with E-state index in [9.17, 15) is 22.8 Å². The first-order valence-corrected chi connectivity index (χ1v) is 21.1. The first-order valence-electron chi connectivity index (χ1n) is 18.8. The number of ketones is 2. The van der Waals surface area contributed by atoms with Crippen LogP contribution in [-0.2, 0) is 37.4 Å². The van der Waals surface area contributed by atoms with Gasteiger partial charge in [-0.2, -0.15) is 0 Å². The van der Waals surface area contributed by atoms with E-state index in [4.69, 9.17) is 31.9 Å². The van der Waals surface area contributed by atoms with Gasteiger partial charge in [0.2, 0.25) is 21.7 Å². The summed E-state index contributed by atoms with van der Waals surface area (Å²) in [4.78, 5) is 49.0. The molecule has 1 saturated heterocycles. The number of fused-ring (bicyclic) bond motifs is 1. The molecule has 1 aliphatic heterocycles. The van der Waals surface area contributed by atoms with Crippen LogP contribution >= 0.6 is 11.6 Å². The summed E-state index contributed by atoms with van der Waals surface area (Å²) in [5.74, 6) is -2.03. The Bertz CT molecular complexity index is 2070. The van der Waals surface area contributed by atoms with E-state index in [1.807, 2.05) is 12.1 Å². The number of ether oxygens (including phenoxy) is 1. The minimum absolute atomic E-state index is 0.0739. The summed E-state index contributed by atoms with van der Waals surface area (Å²) < 4.78 is 39.8. The highest BCUT2D eigenvalue weighted by molar-refractivity contribution is 7.88. The second-order valence-electron chi connectivity index (χ2n) is 14.9. The number of nitrogen functional groups attached to an aromatic ring is 1. The lowest BCUT2D eigenvalue weighted by Gasteiger charge is -2.30. The number of oxazole rings is 1. The van der Waals surface area contributed by atoms with E-state index in [1.54, 1.807) is 60.7 Å². The number of rotatable bonds is 17. The largest absolute Gasteiger partial charge is 0.434 e. The van der Waals surface area contributed by atoms with Gasteiger partial charge < -0.3 is 19.8 Å². The maximum atomic E-state index is 14.5. The van der Waals surface area contributed by atoms with Gasteiger partial charge in [-0.25, -0.2) is 18.1 Å².